The highest BCUT2D eigenvalue weighted by atomic mass is 16.5. The molecule has 3 amide bonds. The monoisotopic (exact) mass is 373 g/mol. The topological polar surface area (TPSA) is 118 Å². The summed E-state index contributed by atoms with van der Waals surface area (Å²) in [7, 11) is 0. The van der Waals surface area contributed by atoms with Crippen LogP contribution in [-0.4, -0.2) is 28.7 Å². The first-order valence-corrected chi connectivity index (χ1v) is 8.94. The predicted molar refractivity (Wildman–Crippen MR) is 98.2 cm³/mol. The third kappa shape index (κ3) is 5.04. The van der Waals surface area contributed by atoms with Crippen LogP contribution in [0, 0.1) is 6.92 Å². The van der Waals surface area contributed by atoms with Gasteiger partial charge in [0, 0.05) is 24.4 Å². The molecule has 1 aromatic carbocycles. The van der Waals surface area contributed by atoms with Crippen LogP contribution < -0.4 is 16.0 Å². The molecule has 1 aliphatic rings. The van der Waals surface area contributed by atoms with Crippen molar-refractivity contribution in [2.24, 2.45) is 0 Å². The van der Waals surface area contributed by atoms with Crippen molar-refractivity contribution in [1.82, 2.24) is 15.5 Å². The van der Waals surface area contributed by atoms with E-state index < -0.39 is 6.03 Å². The van der Waals surface area contributed by atoms with Gasteiger partial charge in [-0.1, -0.05) is 18.1 Å². The van der Waals surface area contributed by atoms with Crippen LogP contribution in [0.1, 0.15) is 49.6 Å². The van der Waals surface area contributed by atoms with Gasteiger partial charge in [-0.15, -0.1) is 0 Å². The summed E-state index contributed by atoms with van der Waals surface area (Å²) in [5, 5.41) is 12.1. The van der Waals surface area contributed by atoms with Crippen molar-refractivity contribution in [1.29, 1.82) is 0 Å². The van der Waals surface area contributed by atoms with Crippen molar-refractivity contribution in [2.45, 2.75) is 45.8 Å². The average Bonchev–Trinajstić information content (AvgIpc) is 3.34. The quantitative estimate of drug-likeness (QED) is 0.716. The van der Waals surface area contributed by atoms with Gasteiger partial charge in [-0.3, -0.25) is 4.79 Å². The summed E-state index contributed by atoms with van der Waals surface area (Å²) in [6.07, 6.45) is 2.07. The summed E-state index contributed by atoms with van der Waals surface area (Å²) in [5.74, 6) is 0.740. The zero-order chi connectivity index (χ0) is 19.2. The van der Waals surface area contributed by atoms with Crippen LogP contribution in [0.5, 0.6) is 0 Å². The second kappa shape index (κ2) is 8.63. The number of urea groups is 1. The van der Waals surface area contributed by atoms with Gasteiger partial charge in [-0.2, -0.15) is 4.98 Å². The number of nitrogens with zero attached hydrogens (tertiary/aromatic N) is 2. The number of anilines is 2. The van der Waals surface area contributed by atoms with Crippen molar-refractivity contribution in [2.75, 3.05) is 17.2 Å². The molecule has 2 heterocycles. The maximum absolute atomic E-state index is 12.2. The summed E-state index contributed by atoms with van der Waals surface area (Å²) in [6.45, 7) is 4.47. The van der Waals surface area contributed by atoms with Crippen LogP contribution in [0.2, 0.25) is 0 Å². The van der Waals surface area contributed by atoms with Gasteiger partial charge in [0.2, 0.25) is 5.91 Å². The fourth-order valence-electron chi connectivity index (χ4n) is 2.65. The number of aromatic nitrogens is 2. The molecule has 1 aliphatic heterocycles. The van der Waals surface area contributed by atoms with Crippen LogP contribution >= 0.6 is 0 Å². The minimum Gasteiger partial charge on any atom is -0.368 e. The molecule has 3 N–H and O–H groups in total. The largest absolute Gasteiger partial charge is 0.368 e. The Bertz CT molecular complexity index is 814. The summed E-state index contributed by atoms with van der Waals surface area (Å²) < 4.78 is 10.7. The molecular weight excluding hydrogens is 350 g/mol. The SMILES string of the molecule is CCC(=O)Nc1ccc(C)c(NC(=O)NCc2noc([C@H]3CCCO3)n2)c1. The first-order valence-electron chi connectivity index (χ1n) is 8.94. The third-order valence-corrected chi connectivity index (χ3v) is 4.19. The van der Waals surface area contributed by atoms with Gasteiger partial charge in [0.15, 0.2) is 5.82 Å². The van der Waals surface area contributed by atoms with Crippen LogP contribution in [-0.2, 0) is 16.1 Å². The van der Waals surface area contributed by atoms with Gasteiger partial charge in [0.1, 0.15) is 6.10 Å². The number of nitrogens with one attached hydrogen (secondary N) is 3. The van der Waals surface area contributed by atoms with Crippen LogP contribution in [0.25, 0.3) is 0 Å². The lowest BCUT2D eigenvalue weighted by molar-refractivity contribution is -0.115. The number of benzene rings is 1. The molecule has 0 saturated carbocycles. The summed E-state index contributed by atoms with van der Waals surface area (Å²) in [6, 6.07) is 4.93. The molecule has 3 rings (SSSR count). The summed E-state index contributed by atoms with van der Waals surface area (Å²) in [5.41, 5.74) is 2.11. The highest BCUT2D eigenvalue weighted by Crippen LogP contribution is 2.26. The molecule has 0 radical (unpaired) electrons. The Hall–Kier alpha value is -2.94. The Balaban J connectivity index is 1.54. The fraction of sp³-hybridized carbons (Fsp3) is 0.444. The molecule has 9 heteroatoms. The van der Waals surface area contributed by atoms with Crippen molar-refractivity contribution < 1.29 is 18.8 Å². The van der Waals surface area contributed by atoms with Crippen molar-refractivity contribution >= 4 is 23.3 Å². The van der Waals surface area contributed by atoms with E-state index in [0.29, 0.717) is 36.1 Å². The molecule has 1 aromatic heterocycles. The van der Waals surface area contributed by atoms with Gasteiger partial charge >= 0.3 is 6.03 Å². The van der Waals surface area contributed by atoms with E-state index in [1.165, 1.54) is 0 Å². The number of amides is 3. The maximum atomic E-state index is 12.2. The minimum absolute atomic E-state index is 0.0894. The second-order valence-corrected chi connectivity index (χ2v) is 6.29. The predicted octanol–water partition coefficient (Wildman–Crippen LogP) is 2.90. The molecule has 0 aliphatic carbocycles. The van der Waals surface area contributed by atoms with E-state index in [1.807, 2.05) is 13.0 Å². The normalized spacial score (nSPS) is 16.1. The fourth-order valence-corrected chi connectivity index (χ4v) is 2.65. The number of hydrogen-bond acceptors (Lipinski definition) is 6. The number of rotatable bonds is 6. The second-order valence-electron chi connectivity index (χ2n) is 6.29. The third-order valence-electron chi connectivity index (χ3n) is 4.19. The smallest absolute Gasteiger partial charge is 0.319 e. The molecule has 0 bridgehead atoms. The standard InChI is InChI=1S/C18H23N5O4/c1-3-16(24)20-12-7-6-11(2)13(9-12)21-18(25)19-10-15-22-17(27-23-15)14-5-4-8-26-14/h6-7,9,14H,3-5,8,10H2,1-2H3,(H,20,24)(H2,19,21,25)/t14-/m1/s1. The van der Waals surface area contributed by atoms with Gasteiger partial charge in [0.05, 0.1) is 6.54 Å². The Morgan fingerprint density at radius 2 is 2.15 bits per heavy atom. The number of ether oxygens (including phenoxy) is 1. The van der Waals surface area contributed by atoms with Crippen molar-refractivity contribution in [3.63, 3.8) is 0 Å². The Kier molecular flexibility index (Phi) is 6.02. The molecule has 9 nitrogen and oxygen atoms in total. The van der Waals surface area contributed by atoms with E-state index in [2.05, 4.69) is 26.1 Å². The zero-order valence-corrected chi connectivity index (χ0v) is 15.4. The van der Waals surface area contributed by atoms with Gasteiger partial charge in [-0.25, -0.2) is 4.79 Å². The first kappa shape index (κ1) is 18.8. The van der Waals surface area contributed by atoms with Crippen molar-refractivity contribution in [3.05, 3.63) is 35.5 Å². The molecule has 1 saturated heterocycles. The van der Waals surface area contributed by atoms with E-state index >= 15 is 0 Å². The number of aryl methyl sites for hydroxylation is 1. The van der Waals surface area contributed by atoms with Crippen LogP contribution in [0.3, 0.4) is 0 Å². The highest BCUT2D eigenvalue weighted by molar-refractivity contribution is 5.94. The van der Waals surface area contributed by atoms with Crippen LogP contribution in [0.4, 0.5) is 16.2 Å². The Morgan fingerprint density at radius 1 is 1.30 bits per heavy atom. The molecule has 1 fully saturated rings. The molecule has 1 atom stereocenters. The van der Waals surface area contributed by atoms with Crippen LogP contribution in [0.15, 0.2) is 22.7 Å². The molecule has 2 aromatic rings. The van der Waals surface area contributed by atoms with E-state index in [0.717, 1.165) is 18.4 Å². The Morgan fingerprint density at radius 3 is 2.89 bits per heavy atom. The average molecular weight is 373 g/mol. The van der Waals surface area contributed by atoms with E-state index in [-0.39, 0.29) is 18.6 Å². The van der Waals surface area contributed by atoms with E-state index in [1.54, 1.807) is 19.1 Å². The molecule has 0 spiro atoms. The number of hydrogen-bond donors (Lipinski definition) is 3. The Labute approximate surface area is 156 Å². The van der Waals surface area contributed by atoms with Crippen molar-refractivity contribution in [3.8, 4) is 0 Å². The lowest BCUT2D eigenvalue weighted by atomic mass is 10.2. The lowest BCUT2D eigenvalue weighted by Gasteiger charge is -2.11. The molecule has 0 unspecified atom stereocenters. The van der Waals surface area contributed by atoms with Gasteiger partial charge in [0.25, 0.3) is 5.89 Å². The summed E-state index contributed by atoms with van der Waals surface area (Å²) >= 11 is 0. The minimum atomic E-state index is -0.402. The lowest BCUT2D eigenvalue weighted by Crippen LogP contribution is -2.29. The molecule has 144 valence electrons. The summed E-state index contributed by atoms with van der Waals surface area (Å²) in [4.78, 5) is 27.9. The van der Waals surface area contributed by atoms with E-state index in [9.17, 15) is 9.59 Å². The number of carbonyl (C=O) groups excluding carboxylic acids is 2. The highest BCUT2D eigenvalue weighted by Gasteiger charge is 2.23. The first-order chi connectivity index (χ1) is 13.0. The zero-order valence-electron chi connectivity index (χ0n) is 15.4. The molecular formula is C18H23N5O4. The number of carbonyl (C=O) groups is 2. The maximum Gasteiger partial charge on any atom is 0.319 e. The van der Waals surface area contributed by atoms with Gasteiger partial charge in [-0.05, 0) is 37.5 Å². The molecule has 27 heavy (non-hydrogen) atoms. The van der Waals surface area contributed by atoms with Gasteiger partial charge < -0.3 is 25.2 Å². The van der Waals surface area contributed by atoms with E-state index in [4.69, 9.17) is 9.26 Å².